The van der Waals surface area contributed by atoms with Gasteiger partial charge in [0.25, 0.3) is 0 Å². The van der Waals surface area contributed by atoms with Crippen LogP contribution in [0.2, 0.25) is 0 Å². The average molecular weight is 729 g/mol. The highest BCUT2D eigenvalue weighted by atomic mass is 32.2. The average Bonchev–Trinajstić information content (AvgIpc) is 3.88. The molecule has 1 aliphatic carbocycles. The Labute approximate surface area is 327 Å². The molecule has 2 aliphatic rings. The molecule has 260 valence electrons. The van der Waals surface area contributed by atoms with Gasteiger partial charge in [0.05, 0.1) is 27.5 Å². The molecule has 3 heterocycles. The number of aromatic nitrogens is 2. The van der Waals surface area contributed by atoms with Crippen molar-refractivity contribution < 1.29 is 0 Å². The van der Waals surface area contributed by atoms with Crippen LogP contribution < -0.4 is 0 Å². The lowest BCUT2D eigenvalue weighted by Crippen LogP contribution is -2.32. The fourth-order valence-corrected chi connectivity index (χ4v) is 11.6. The molecule has 2 aromatic heterocycles. The summed E-state index contributed by atoms with van der Waals surface area (Å²) in [6.45, 7) is 0. The molecule has 0 amide bonds. The molecule has 0 saturated carbocycles. The minimum absolute atomic E-state index is 0.442. The second-order valence-electron chi connectivity index (χ2n) is 15.2. The third-order valence-corrected chi connectivity index (χ3v) is 13.7. The molecule has 3 heteroatoms. The van der Waals surface area contributed by atoms with Crippen LogP contribution in [0.3, 0.4) is 0 Å². The van der Waals surface area contributed by atoms with Gasteiger partial charge in [0, 0.05) is 42.7 Å². The van der Waals surface area contributed by atoms with E-state index < -0.39 is 5.41 Å². The fourth-order valence-electron chi connectivity index (χ4n) is 10.4. The van der Waals surface area contributed by atoms with Crippen molar-refractivity contribution in [2.45, 2.75) is 15.2 Å². The van der Waals surface area contributed by atoms with E-state index in [-0.39, 0.29) is 0 Å². The summed E-state index contributed by atoms with van der Waals surface area (Å²) >= 11 is 1.92. The van der Waals surface area contributed by atoms with E-state index >= 15 is 0 Å². The molecule has 13 rings (SSSR count). The summed E-state index contributed by atoms with van der Waals surface area (Å²) in [6.07, 6.45) is 0. The highest BCUT2D eigenvalue weighted by Crippen LogP contribution is 2.62. The Balaban J connectivity index is 1.12. The van der Waals surface area contributed by atoms with Gasteiger partial charge in [0.15, 0.2) is 0 Å². The summed E-state index contributed by atoms with van der Waals surface area (Å²) < 4.78 is 4.91. The van der Waals surface area contributed by atoms with Crippen molar-refractivity contribution in [1.82, 2.24) is 9.13 Å². The molecule has 0 radical (unpaired) electrons. The van der Waals surface area contributed by atoms with Gasteiger partial charge in [-0.1, -0.05) is 145 Å². The monoisotopic (exact) mass is 728 g/mol. The molecule has 0 atom stereocenters. The zero-order chi connectivity index (χ0) is 36.5. The number of para-hydroxylation sites is 2. The second kappa shape index (κ2) is 11.1. The number of fused-ring (bicyclic) bond motifs is 17. The Bertz CT molecular complexity index is 3360. The predicted molar refractivity (Wildman–Crippen MR) is 234 cm³/mol. The van der Waals surface area contributed by atoms with Crippen molar-refractivity contribution in [3.63, 3.8) is 0 Å². The molecule has 9 aromatic carbocycles. The van der Waals surface area contributed by atoms with Gasteiger partial charge in [-0.15, -0.1) is 0 Å². The van der Waals surface area contributed by atoms with Crippen LogP contribution in [0, 0.1) is 0 Å². The Kier molecular flexibility index (Phi) is 6.06. The van der Waals surface area contributed by atoms with Crippen LogP contribution in [0.25, 0.3) is 76.9 Å². The topological polar surface area (TPSA) is 9.86 Å². The Morgan fingerprint density at radius 1 is 0.339 bits per heavy atom. The quantitative estimate of drug-likeness (QED) is 0.172. The number of hydrogen-bond acceptors (Lipinski definition) is 1. The first-order valence-electron chi connectivity index (χ1n) is 19.4. The smallest absolute Gasteiger partial charge is 0.0736 e. The maximum Gasteiger partial charge on any atom is 0.0736 e. The number of rotatable bonds is 2. The highest BCUT2D eigenvalue weighted by Gasteiger charge is 2.50. The predicted octanol–water partition coefficient (Wildman–Crippen LogP) is 13.9. The number of hydrogen-bond donors (Lipinski definition) is 0. The zero-order valence-corrected chi connectivity index (χ0v) is 31.1. The van der Waals surface area contributed by atoms with Crippen LogP contribution >= 0.6 is 11.8 Å². The van der Waals surface area contributed by atoms with Crippen LogP contribution in [0.4, 0.5) is 0 Å². The zero-order valence-electron chi connectivity index (χ0n) is 30.3. The maximum absolute atomic E-state index is 2.54. The van der Waals surface area contributed by atoms with E-state index in [0.29, 0.717) is 0 Å². The summed E-state index contributed by atoms with van der Waals surface area (Å²) in [5.41, 5.74) is 14.8. The first-order chi connectivity index (χ1) is 27.8. The minimum atomic E-state index is -0.442. The van der Waals surface area contributed by atoms with Crippen molar-refractivity contribution in [2.24, 2.45) is 0 Å². The first-order valence-corrected chi connectivity index (χ1v) is 20.2. The van der Waals surface area contributed by atoms with Crippen molar-refractivity contribution in [3.8, 4) is 22.5 Å². The largest absolute Gasteiger partial charge is 0.309 e. The summed E-state index contributed by atoms with van der Waals surface area (Å²) in [4.78, 5) is 2.64. The fraction of sp³-hybridized carbons (Fsp3) is 0.0189. The molecule has 2 nitrogen and oxygen atoms in total. The lowest BCUT2D eigenvalue weighted by atomic mass is 9.67. The van der Waals surface area contributed by atoms with Crippen LogP contribution in [0.1, 0.15) is 22.3 Å². The van der Waals surface area contributed by atoms with Crippen LogP contribution in [-0.2, 0) is 5.41 Å². The lowest BCUT2D eigenvalue weighted by molar-refractivity contribution is 0.724. The molecule has 0 unspecified atom stereocenters. The molecule has 0 saturated heterocycles. The molecular weight excluding hydrogens is 697 g/mol. The van der Waals surface area contributed by atoms with E-state index in [0.717, 1.165) is 11.4 Å². The third-order valence-electron chi connectivity index (χ3n) is 12.6. The summed E-state index contributed by atoms with van der Waals surface area (Å²) in [7, 11) is 0. The highest BCUT2D eigenvalue weighted by molar-refractivity contribution is 7.99. The molecule has 0 fully saturated rings. The van der Waals surface area contributed by atoms with Crippen molar-refractivity contribution in [2.75, 3.05) is 0 Å². The normalized spacial score (nSPS) is 13.8. The first kappa shape index (κ1) is 30.5. The van der Waals surface area contributed by atoms with E-state index in [2.05, 4.69) is 203 Å². The van der Waals surface area contributed by atoms with Gasteiger partial charge in [-0.25, -0.2) is 0 Å². The van der Waals surface area contributed by atoms with E-state index in [1.54, 1.807) is 0 Å². The maximum atomic E-state index is 2.54. The van der Waals surface area contributed by atoms with Crippen LogP contribution in [-0.4, -0.2) is 9.13 Å². The van der Waals surface area contributed by atoms with Crippen molar-refractivity contribution in [3.05, 3.63) is 216 Å². The summed E-state index contributed by atoms with van der Waals surface area (Å²) in [5, 5.41) is 7.66. The van der Waals surface area contributed by atoms with Crippen LogP contribution in [0.15, 0.2) is 204 Å². The molecule has 11 aromatic rings. The molecular formula is C53H32N2S. The van der Waals surface area contributed by atoms with Gasteiger partial charge in [-0.3, -0.25) is 0 Å². The van der Waals surface area contributed by atoms with Crippen molar-refractivity contribution >= 4 is 66.1 Å². The van der Waals surface area contributed by atoms with E-state index in [1.165, 1.54) is 97.6 Å². The lowest BCUT2D eigenvalue weighted by Gasteiger charge is -2.39. The second-order valence-corrected chi connectivity index (χ2v) is 16.3. The van der Waals surface area contributed by atoms with Gasteiger partial charge >= 0.3 is 0 Å². The minimum Gasteiger partial charge on any atom is -0.309 e. The van der Waals surface area contributed by atoms with E-state index in [9.17, 15) is 0 Å². The van der Waals surface area contributed by atoms with Gasteiger partial charge in [-0.05, 0) is 105 Å². The van der Waals surface area contributed by atoms with Gasteiger partial charge in [0.1, 0.15) is 0 Å². The molecule has 1 spiro atoms. The SMILES string of the molecule is c1ccc2c(c1)Sc1cc3c4c5ccccc5ccc4n(-c4ccc(-n5c6ccccc6c6ccccc65)cc4)c3cc1C21c2ccccc2-c2ccccc21. The third kappa shape index (κ3) is 3.83. The Morgan fingerprint density at radius 3 is 1.55 bits per heavy atom. The Morgan fingerprint density at radius 2 is 0.875 bits per heavy atom. The standard InChI is InChI=1S/C53H32N2S/c1-2-14-36-33(13-1)25-30-48-52(36)41-31-51-45(53(44-21-9-12-24-50(44)56-51)42-19-7-3-15-37(42)38-16-4-8-20-43(38)53)32-49(41)55(48)35-28-26-34(27-29-35)54-46-22-10-5-17-39(46)40-18-6-11-23-47(40)54/h1-32H. The van der Waals surface area contributed by atoms with Gasteiger partial charge in [-0.2, -0.15) is 0 Å². The molecule has 1 aliphatic heterocycles. The molecule has 56 heavy (non-hydrogen) atoms. The van der Waals surface area contributed by atoms with E-state index in [1.807, 2.05) is 11.8 Å². The van der Waals surface area contributed by atoms with Crippen LogP contribution in [0.5, 0.6) is 0 Å². The van der Waals surface area contributed by atoms with Gasteiger partial charge < -0.3 is 9.13 Å². The summed E-state index contributed by atoms with van der Waals surface area (Å²) in [5.74, 6) is 0. The number of benzene rings is 9. The van der Waals surface area contributed by atoms with E-state index in [4.69, 9.17) is 0 Å². The molecule has 0 bridgehead atoms. The Hall–Kier alpha value is -6.81. The molecule has 0 N–H and O–H groups in total. The number of nitrogens with zero attached hydrogens (tertiary/aromatic N) is 2. The summed E-state index contributed by atoms with van der Waals surface area (Å²) in [6, 6.07) is 72.5. The van der Waals surface area contributed by atoms with Gasteiger partial charge in [0.2, 0.25) is 0 Å². The van der Waals surface area contributed by atoms with Crippen molar-refractivity contribution in [1.29, 1.82) is 0 Å².